The van der Waals surface area contributed by atoms with Crippen LogP contribution < -0.4 is 4.90 Å². The van der Waals surface area contributed by atoms with Crippen molar-refractivity contribution in [3.05, 3.63) is 82.2 Å². The summed E-state index contributed by atoms with van der Waals surface area (Å²) in [6.07, 6.45) is -1.28. The van der Waals surface area contributed by atoms with Crippen molar-refractivity contribution in [2.75, 3.05) is 11.4 Å². The Bertz CT molecular complexity index is 1720. The zero-order chi connectivity index (χ0) is 27.6. The number of phenolic OH excluding ortho intramolecular Hbond substituents is 1. The van der Waals surface area contributed by atoms with Crippen LogP contribution in [-0.4, -0.2) is 36.4 Å². The molecule has 0 fully saturated rings. The first-order valence-corrected chi connectivity index (χ1v) is 12.4. The average molecular weight is 537 g/mol. The van der Waals surface area contributed by atoms with E-state index in [0.717, 1.165) is 40.5 Å². The number of fused-ring (bicyclic) bond motifs is 2. The number of nitrogens with zero attached hydrogens (tertiary/aromatic N) is 5. The maximum absolute atomic E-state index is 15.2. The lowest BCUT2D eigenvalue weighted by molar-refractivity contribution is -0.138. The predicted octanol–water partition coefficient (Wildman–Crippen LogP) is 6.16. The largest absolute Gasteiger partial charge is 0.505 e. The average Bonchev–Trinajstić information content (AvgIpc) is 3.46. The fourth-order valence-corrected chi connectivity index (χ4v) is 5.34. The van der Waals surface area contributed by atoms with Crippen molar-refractivity contribution in [1.29, 1.82) is 0 Å². The van der Waals surface area contributed by atoms with Gasteiger partial charge in [0.1, 0.15) is 11.6 Å². The molecule has 0 aliphatic carbocycles. The lowest BCUT2D eigenvalue weighted by Crippen LogP contribution is -2.31. The first-order valence-electron chi connectivity index (χ1n) is 12.4. The molecule has 0 radical (unpaired) electrons. The van der Waals surface area contributed by atoms with Gasteiger partial charge < -0.3 is 15.0 Å². The van der Waals surface area contributed by atoms with Crippen LogP contribution in [0, 0.1) is 26.6 Å². The van der Waals surface area contributed by atoms with Crippen LogP contribution in [0.1, 0.15) is 33.5 Å². The van der Waals surface area contributed by atoms with Crippen molar-refractivity contribution < 1.29 is 22.7 Å². The number of hydrogen-bond acceptors (Lipinski definition) is 5. The van der Waals surface area contributed by atoms with E-state index in [-0.39, 0.29) is 29.1 Å². The number of anilines is 1. The molecule has 0 saturated carbocycles. The van der Waals surface area contributed by atoms with Gasteiger partial charge in [0.25, 0.3) is 0 Å². The number of aromatic hydroxyl groups is 1. The molecule has 0 unspecified atom stereocenters. The summed E-state index contributed by atoms with van der Waals surface area (Å²) < 4.78 is 56.2. The van der Waals surface area contributed by atoms with E-state index in [1.807, 2.05) is 36.7 Å². The second-order valence-corrected chi connectivity index (χ2v) is 9.84. The number of phenols is 1. The summed E-state index contributed by atoms with van der Waals surface area (Å²) in [6.45, 7) is 6.40. The standard InChI is InChI=1S/C28H24F4N6O/c1-14-5-4-6-15(2)24(14)38-25(18-9-16(3)26(39)23-22(18)20(29)12-33-23)19-13-37(8-7-21(19)36-38)27-34-10-17(11-35-27)28(30,31)32/h4-6,9-12,33,39H,7-8,13H2,1-3H3. The van der Waals surface area contributed by atoms with Gasteiger partial charge in [0.05, 0.1) is 28.2 Å². The lowest BCUT2D eigenvalue weighted by Gasteiger charge is -2.27. The Morgan fingerprint density at radius 3 is 2.38 bits per heavy atom. The Balaban J connectivity index is 1.57. The molecule has 200 valence electrons. The summed E-state index contributed by atoms with van der Waals surface area (Å²) in [5.74, 6) is -0.388. The quantitative estimate of drug-likeness (QED) is 0.270. The molecule has 3 aromatic heterocycles. The molecule has 1 aliphatic rings. The fourth-order valence-electron chi connectivity index (χ4n) is 5.34. The van der Waals surface area contributed by atoms with E-state index in [4.69, 9.17) is 5.10 Å². The van der Waals surface area contributed by atoms with Gasteiger partial charge in [-0.25, -0.2) is 19.0 Å². The number of aromatic amines is 1. The van der Waals surface area contributed by atoms with Crippen LogP contribution >= 0.6 is 0 Å². The molecule has 0 bridgehead atoms. The minimum atomic E-state index is -4.53. The van der Waals surface area contributed by atoms with E-state index in [1.54, 1.807) is 17.9 Å². The van der Waals surface area contributed by atoms with Crippen LogP contribution in [0.2, 0.25) is 0 Å². The van der Waals surface area contributed by atoms with Crippen LogP contribution in [-0.2, 0) is 19.1 Å². The Labute approximate surface area is 220 Å². The van der Waals surface area contributed by atoms with Gasteiger partial charge in [0.15, 0.2) is 0 Å². The SMILES string of the molecule is Cc1cccc(C)c1-n1nc2c(c1-c1cc(C)c(O)c3[nH]cc(F)c13)CN(c1ncc(C(F)(F)F)cn1)CC2. The van der Waals surface area contributed by atoms with Gasteiger partial charge in [0, 0.05) is 54.6 Å². The summed E-state index contributed by atoms with van der Waals surface area (Å²) in [7, 11) is 0. The van der Waals surface area contributed by atoms with Crippen molar-refractivity contribution in [3.63, 3.8) is 0 Å². The maximum atomic E-state index is 15.2. The van der Waals surface area contributed by atoms with Crippen molar-refractivity contribution in [1.82, 2.24) is 24.7 Å². The number of para-hydroxylation sites is 1. The zero-order valence-corrected chi connectivity index (χ0v) is 21.4. The molecule has 5 aromatic rings. The number of benzene rings is 2. The van der Waals surface area contributed by atoms with Crippen molar-refractivity contribution >= 4 is 16.9 Å². The van der Waals surface area contributed by atoms with Gasteiger partial charge in [0.2, 0.25) is 5.95 Å². The van der Waals surface area contributed by atoms with Crippen LogP contribution in [0.25, 0.3) is 27.8 Å². The van der Waals surface area contributed by atoms with Gasteiger partial charge >= 0.3 is 6.18 Å². The molecule has 7 nitrogen and oxygen atoms in total. The van der Waals surface area contributed by atoms with E-state index in [0.29, 0.717) is 29.8 Å². The van der Waals surface area contributed by atoms with Gasteiger partial charge in [-0.2, -0.15) is 18.3 Å². The first-order chi connectivity index (χ1) is 18.5. The lowest BCUT2D eigenvalue weighted by atomic mass is 9.96. The Hall–Kier alpha value is -4.41. The second-order valence-electron chi connectivity index (χ2n) is 9.84. The molecule has 0 atom stereocenters. The highest BCUT2D eigenvalue weighted by Crippen LogP contribution is 2.42. The van der Waals surface area contributed by atoms with E-state index >= 15 is 4.39 Å². The van der Waals surface area contributed by atoms with Crippen LogP contribution in [0.5, 0.6) is 5.75 Å². The van der Waals surface area contributed by atoms with Crippen LogP contribution in [0.4, 0.5) is 23.5 Å². The highest BCUT2D eigenvalue weighted by atomic mass is 19.4. The normalized spacial score (nSPS) is 13.8. The fraction of sp³-hybridized carbons (Fsp3) is 0.250. The molecule has 4 heterocycles. The number of alkyl halides is 3. The molecule has 2 N–H and O–H groups in total. The third-order valence-corrected chi connectivity index (χ3v) is 7.26. The number of rotatable bonds is 3. The van der Waals surface area contributed by atoms with E-state index in [2.05, 4.69) is 15.0 Å². The second kappa shape index (κ2) is 8.82. The molecule has 1 aliphatic heterocycles. The summed E-state index contributed by atoms with van der Waals surface area (Å²) in [5, 5.41) is 15.9. The Kier molecular flexibility index (Phi) is 5.63. The molecular formula is C28H24F4N6O. The van der Waals surface area contributed by atoms with Gasteiger partial charge in [-0.3, -0.25) is 0 Å². The Morgan fingerprint density at radius 1 is 1.03 bits per heavy atom. The first kappa shape index (κ1) is 24.9. The molecule has 6 rings (SSSR count). The maximum Gasteiger partial charge on any atom is 0.419 e. The van der Waals surface area contributed by atoms with E-state index in [9.17, 15) is 18.3 Å². The zero-order valence-electron chi connectivity index (χ0n) is 21.4. The third kappa shape index (κ3) is 4.00. The topological polar surface area (TPSA) is 82.9 Å². The van der Waals surface area contributed by atoms with Crippen LogP contribution in [0.15, 0.2) is 42.9 Å². The number of halogens is 4. The minimum absolute atomic E-state index is 0.0376. The van der Waals surface area contributed by atoms with E-state index in [1.165, 1.54) is 6.20 Å². The van der Waals surface area contributed by atoms with Crippen molar-refractivity contribution in [2.24, 2.45) is 0 Å². The van der Waals surface area contributed by atoms with Crippen LogP contribution in [0.3, 0.4) is 0 Å². The smallest absolute Gasteiger partial charge is 0.419 e. The summed E-state index contributed by atoms with van der Waals surface area (Å²) in [6, 6.07) is 7.65. The molecule has 0 spiro atoms. The monoisotopic (exact) mass is 536 g/mol. The van der Waals surface area contributed by atoms with Crippen molar-refractivity contribution in [2.45, 2.75) is 39.9 Å². The predicted molar refractivity (Wildman–Crippen MR) is 138 cm³/mol. The number of aryl methyl sites for hydroxylation is 3. The molecule has 11 heteroatoms. The molecule has 2 aromatic carbocycles. The molecule has 0 amide bonds. The molecule has 0 saturated heterocycles. The van der Waals surface area contributed by atoms with Crippen molar-refractivity contribution in [3.8, 4) is 22.7 Å². The number of H-pyrrole nitrogens is 1. The van der Waals surface area contributed by atoms with Gasteiger partial charge in [-0.05, 0) is 43.5 Å². The molecule has 39 heavy (non-hydrogen) atoms. The Morgan fingerprint density at radius 2 is 1.72 bits per heavy atom. The number of aromatic nitrogens is 5. The summed E-state index contributed by atoms with van der Waals surface area (Å²) in [5.41, 5.74) is 5.50. The highest BCUT2D eigenvalue weighted by molar-refractivity contribution is 6.00. The number of nitrogens with one attached hydrogen (secondary N) is 1. The van der Waals surface area contributed by atoms with E-state index < -0.39 is 17.6 Å². The third-order valence-electron chi connectivity index (χ3n) is 7.26. The van der Waals surface area contributed by atoms with Gasteiger partial charge in [-0.15, -0.1) is 0 Å². The summed E-state index contributed by atoms with van der Waals surface area (Å²) >= 11 is 0. The van der Waals surface area contributed by atoms with Gasteiger partial charge in [-0.1, -0.05) is 18.2 Å². The molecular weight excluding hydrogens is 512 g/mol. The number of hydrogen-bond donors (Lipinski definition) is 2. The minimum Gasteiger partial charge on any atom is -0.505 e. The summed E-state index contributed by atoms with van der Waals surface area (Å²) in [4.78, 5) is 12.6. The highest BCUT2D eigenvalue weighted by Gasteiger charge is 2.33.